The normalized spacial score (nSPS) is 26.7. The quantitative estimate of drug-likeness (QED) is 0.912. The first-order chi connectivity index (χ1) is 10.9. The first-order valence-corrected chi connectivity index (χ1v) is 8.54. The van der Waals surface area contributed by atoms with Gasteiger partial charge in [-0.3, -0.25) is 9.59 Å². The molecule has 1 heterocycles. The zero-order chi connectivity index (χ0) is 16.6. The minimum Gasteiger partial charge on any atom is -0.359 e. The van der Waals surface area contributed by atoms with Gasteiger partial charge in [-0.05, 0) is 45.2 Å². The number of hydrogen-bond donors (Lipinski definition) is 1. The van der Waals surface area contributed by atoms with Gasteiger partial charge in [0.25, 0.3) is 5.91 Å². The van der Waals surface area contributed by atoms with Crippen LogP contribution in [0.1, 0.15) is 47.2 Å². The largest absolute Gasteiger partial charge is 0.359 e. The van der Waals surface area contributed by atoms with Gasteiger partial charge in [0, 0.05) is 37.0 Å². The van der Waals surface area contributed by atoms with Crippen LogP contribution in [-0.4, -0.2) is 36.9 Å². The Kier molecular flexibility index (Phi) is 4.17. The average Bonchev–Trinajstić information content (AvgIpc) is 3.12. The lowest BCUT2D eigenvalue weighted by molar-refractivity contribution is -0.127. The molecule has 0 aromatic heterocycles. The predicted molar refractivity (Wildman–Crippen MR) is 90.3 cm³/mol. The van der Waals surface area contributed by atoms with Gasteiger partial charge in [0.2, 0.25) is 5.91 Å². The third-order valence-electron chi connectivity index (χ3n) is 5.61. The van der Waals surface area contributed by atoms with Crippen molar-refractivity contribution in [2.45, 2.75) is 39.5 Å². The molecule has 2 atom stereocenters. The van der Waals surface area contributed by atoms with Crippen LogP contribution in [0.3, 0.4) is 0 Å². The second kappa shape index (κ2) is 5.99. The van der Waals surface area contributed by atoms with Gasteiger partial charge in [0.05, 0.1) is 0 Å². The molecule has 1 spiro atoms. The van der Waals surface area contributed by atoms with Gasteiger partial charge < -0.3 is 10.2 Å². The van der Waals surface area contributed by atoms with E-state index in [-0.39, 0.29) is 23.1 Å². The first kappa shape index (κ1) is 16.0. The third kappa shape index (κ3) is 2.87. The monoisotopic (exact) mass is 314 g/mol. The summed E-state index contributed by atoms with van der Waals surface area (Å²) in [7, 11) is 1.71. The smallest absolute Gasteiger partial charge is 0.253 e. The summed E-state index contributed by atoms with van der Waals surface area (Å²) in [6.07, 6.45) is 4.04. The molecule has 1 aliphatic heterocycles. The van der Waals surface area contributed by atoms with Gasteiger partial charge in [-0.25, -0.2) is 0 Å². The second-order valence-corrected chi connectivity index (χ2v) is 7.27. The number of carbonyl (C=O) groups excluding carboxylic acids is 2. The van der Waals surface area contributed by atoms with Crippen molar-refractivity contribution in [1.82, 2.24) is 10.2 Å². The van der Waals surface area contributed by atoms with Crippen molar-refractivity contribution in [2.24, 2.45) is 11.3 Å². The van der Waals surface area contributed by atoms with Gasteiger partial charge in [-0.1, -0.05) is 23.6 Å². The summed E-state index contributed by atoms with van der Waals surface area (Å²) in [4.78, 5) is 27.0. The molecule has 1 aliphatic carbocycles. The number of rotatable bonds is 2. The first-order valence-electron chi connectivity index (χ1n) is 8.54. The maximum Gasteiger partial charge on any atom is 0.253 e. The fourth-order valence-electron chi connectivity index (χ4n) is 4.56. The Bertz CT molecular complexity index is 620. The summed E-state index contributed by atoms with van der Waals surface area (Å²) in [6, 6.07) is 6.01. The van der Waals surface area contributed by atoms with Crippen molar-refractivity contribution in [3.63, 3.8) is 0 Å². The molecule has 3 rings (SSSR count). The molecule has 2 aliphatic rings. The zero-order valence-corrected chi connectivity index (χ0v) is 14.3. The van der Waals surface area contributed by atoms with E-state index in [1.807, 2.05) is 30.9 Å². The van der Waals surface area contributed by atoms with Crippen molar-refractivity contribution in [1.29, 1.82) is 0 Å². The fraction of sp³-hybridized carbons (Fsp3) is 0.579. The van der Waals surface area contributed by atoms with E-state index in [9.17, 15) is 9.59 Å². The van der Waals surface area contributed by atoms with Crippen LogP contribution in [0.15, 0.2) is 18.2 Å². The van der Waals surface area contributed by atoms with E-state index in [4.69, 9.17) is 0 Å². The standard InChI is InChI=1S/C19H26N2O2/c1-13-9-14(2)11-15(10-13)18(23)21-8-7-19(12-21)6-4-5-16(19)17(22)20-3/h9-11,16H,4-8,12H2,1-3H3,(H,20,22). The van der Waals surface area contributed by atoms with E-state index < -0.39 is 0 Å². The Labute approximate surface area is 138 Å². The third-order valence-corrected chi connectivity index (χ3v) is 5.61. The summed E-state index contributed by atoms with van der Waals surface area (Å²) >= 11 is 0. The highest BCUT2D eigenvalue weighted by Crippen LogP contribution is 2.50. The lowest BCUT2D eigenvalue weighted by Gasteiger charge is -2.30. The van der Waals surface area contributed by atoms with Crippen LogP contribution >= 0.6 is 0 Å². The maximum atomic E-state index is 12.9. The molecule has 1 saturated heterocycles. The summed E-state index contributed by atoms with van der Waals surface area (Å²) in [6.45, 7) is 5.53. The Balaban J connectivity index is 1.79. The van der Waals surface area contributed by atoms with Crippen LogP contribution < -0.4 is 5.32 Å². The molecular weight excluding hydrogens is 288 g/mol. The van der Waals surface area contributed by atoms with Gasteiger partial charge in [-0.15, -0.1) is 0 Å². The van der Waals surface area contributed by atoms with Crippen LogP contribution in [0.4, 0.5) is 0 Å². The molecule has 0 bridgehead atoms. The van der Waals surface area contributed by atoms with E-state index in [0.29, 0.717) is 0 Å². The van der Waals surface area contributed by atoms with Crippen molar-refractivity contribution in [3.05, 3.63) is 34.9 Å². The fourth-order valence-corrected chi connectivity index (χ4v) is 4.56. The Hall–Kier alpha value is -1.84. The molecule has 1 aromatic carbocycles. The minimum atomic E-state index is -0.00533. The molecule has 1 saturated carbocycles. The van der Waals surface area contributed by atoms with Crippen molar-refractivity contribution >= 4 is 11.8 Å². The minimum absolute atomic E-state index is 0.00533. The number of amides is 2. The lowest BCUT2D eigenvalue weighted by atomic mass is 9.76. The SMILES string of the molecule is CNC(=O)C1CCCC12CCN(C(=O)c1cc(C)cc(C)c1)C2. The van der Waals surface area contributed by atoms with E-state index >= 15 is 0 Å². The van der Waals surface area contributed by atoms with Gasteiger partial charge in [0.15, 0.2) is 0 Å². The Morgan fingerprint density at radius 3 is 2.52 bits per heavy atom. The van der Waals surface area contributed by atoms with E-state index in [0.717, 1.165) is 55.5 Å². The highest BCUT2D eigenvalue weighted by atomic mass is 16.2. The van der Waals surface area contributed by atoms with Gasteiger partial charge >= 0.3 is 0 Å². The Morgan fingerprint density at radius 1 is 1.17 bits per heavy atom. The molecule has 1 N–H and O–H groups in total. The molecule has 4 heteroatoms. The number of likely N-dealkylation sites (tertiary alicyclic amines) is 1. The maximum absolute atomic E-state index is 12.9. The number of nitrogens with one attached hydrogen (secondary N) is 1. The summed E-state index contributed by atoms with van der Waals surface area (Å²) in [5, 5.41) is 2.81. The predicted octanol–water partition coefficient (Wildman–Crippen LogP) is 2.68. The molecule has 2 unspecified atom stereocenters. The lowest BCUT2D eigenvalue weighted by Crippen LogP contribution is -2.40. The number of aryl methyl sites for hydroxylation is 2. The van der Waals surface area contributed by atoms with Crippen LogP contribution in [0.25, 0.3) is 0 Å². The van der Waals surface area contributed by atoms with Crippen molar-refractivity contribution < 1.29 is 9.59 Å². The van der Waals surface area contributed by atoms with Crippen LogP contribution in [-0.2, 0) is 4.79 Å². The van der Waals surface area contributed by atoms with Crippen LogP contribution in [0.5, 0.6) is 0 Å². The summed E-state index contributed by atoms with van der Waals surface area (Å²) in [5.74, 6) is 0.309. The number of nitrogens with zero attached hydrogens (tertiary/aromatic N) is 1. The van der Waals surface area contributed by atoms with Crippen LogP contribution in [0, 0.1) is 25.2 Å². The van der Waals surface area contributed by atoms with Gasteiger partial charge in [-0.2, -0.15) is 0 Å². The second-order valence-electron chi connectivity index (χ2n) is 7.27. The molecule has 0 radical (unpaired) electrons. The van der Waals surface area contributed by atoms with Gasteiger partial charge in [0.1, 0.15) is 0 Å². The molecule has 4 nitrogen and oxygen atoms in total. The van der Waals surface area contributed by atoms with E-state index in [1.165, 1.54) is 0 Å². The molecule has 2 amide bonds. The molecule has 2 fully saturated rings. The summed E-state index contributed by atoms with van der Waals surface area (Å²) < 4.78 is 0. The van der Waals surface area contributed by atoms with E-state index in [1.54, 1.807) is 7.05 Å². The molecule has 124 valence electrons. The van der Waals surface area contributed by atoms with E-state index in [2.05, 4.69) is 11.4 Å². The molecular formula is C19H26N2O2. The van der Waals surface area contributed by atoms with Crippen molar-refractivity contribution in [2.75, 3.05) is 20.1 Å². The number of carbonyl (C=O) groups is 2. The number of hydrogen-bond acceptors (Lipinski definition) is 2. The Morgan fingerprint density at radius 2 is 1.87 bits per heavy atom. The highest BCUT2D eigenvalue weighted by Gasteiger charge is 2.51. The zero-order valence-electron chi connectivity index (χ0n) is 14.3. The molecule has 23 heavy (non-hydrogen) atoms. The highest BCUT2D eigenvalue weighted by molar-refractivity contribution is 5.95. The van der Waals surface area contributed by atoms with Crippen LogP contribution in [0.2, 0.25) is 0 Å². The molecule has 1 aromatic rings. The summed E-state index contributed by atoms with van der Waals surface area (Å²) in [5.41, 5.74) is 3.00. The average molecular weight is 314 g/mol. The van der Waals surface area contributed by atoms with Crippen molar-refractivity contribution in [3.8, 4) is 0 Å². The topological polar surface area (TPSA) is 49.4 Å². The number of benzene rings is 1.